The molecule has 0 aliphatic heterocycles. The zero-order valence-electron chi connectivity index (χ0n) is 10.5. The highest BCUT2D eigenvalue weighted by molar-refractivity contribution is 5.73. The van der Waals surface area contributed by atoms with Crippen LogP contribution < -0.4 is 11.1 Å². The Kier molecular flexibility index (Phi) is 4.57. The number of nitrogens with one attached hydrogen (secondary N) is 1. The molecule has 0 aliphatic carbocycles. The topological polar surface area (TPSA) is 98.7 Å². The van der Waals surface area contributed by atoms with Gasteiger partial charge in [0.25, 0.3) is 0 Å². The van der Waals surface area contributed by atoms with E-state index in [1.165, 1.54) is 0 Å². The van der Waals surface area contributed by atoms with Gasteiger partial charge < -0.3 is 11.1 Å². The van der Waals surface area contributed by atoms with Crippen LogP contribution in [0.5, 0.6) is 0 Å². The van der Waals surface area contributed by atoms with Gasteiger partial charge in [0.1, 0.15) is 0 Å². The number of para-hydroxylation sites is 1. The minimum atomic E-state index is -0.282. The predicted molar refractivity (Wildman–Crippen MR) is 69.3 cm³/mol. The monoisotopic (exact) mass is 260 g/mol. The second-order valence-electron chi connectivity index (χ2n) is 4.09. The van der Waals surface area contributed by atoms with Crippen LogP contribution in [0.1, 0.15) is 18.7 Å². The summed E-state index contributed by atoms with van der Waals surface area (Å²) >= 11 is 0. The molecule has 0 spiro atoms. The van der Waals surface area contributed by atoms with Gasteiger partial charge in [0.2, 0.25) is 5.91 Å². The number of nitrogens with zero attached hydrogens (tertiary/aromatic N) is 4. The third-order valence-corrected chi connectivity index (χ3v) is 2.59. The highest BCUT2D eigenvalue weighted by Gasteiger charge is 2.06. The normalized spacial score (nSPS) is 10.5. The van der Waals surface area contributed by atoms with Crippen molar-refractivity contribution in [2.75, 3.05) is 6.54 Å². The molecular weight excluding hydrogens is 244 g/mol. The van der Waals surface area contributed by atoms with E-state index in [4.69, 9.17) is 5.73 Å². The van der Waals surface area contributed by atoms with Gasteiger partial charge in [0.15, 0.2) is 5.82 Å². The number of rotatable bonds is 7. The van der Waals surface area contributed by atoms with E-state index in [0.29, 0.717) is 25.9 Å². The van der Waals surface area contributed by atoms with E-state index in [0.717, 1.165) is 11.5 Å². The highest BCUT2D eigenvalue weighted by Crippen LogP contribution is 2.06. The molecule has 1 aromatic heterocycles. The Hall–Kier alpha value is -2.28. The van der Waals surface area contributed by atoms with Crippen LogP contribution in [0.15, 0.2) is 30.3 Å². The number of hydrogen-bond donors (Lipinski definition) is 2. The van der Waals surface area contributed by atoms with E-state index < -0.39 is 0 Å². The van der Waals surface area contributed by atoms with Gasteiger partial charge in [-0.3, -0.25) is 4.79 Å². The smallest absolute Gasteiger partial charge is 0.217 e. The van der Waals surface area contributed by atoms with Crippen molar-refractivity contribution >= 4 is 5.91 Å². The van der Waals surface area contributed by atoms with Gasteiger partial charge in [-0.1, -0.05) is 18.2 Å². The number of carbonyl (C=O) groups is 1. The van der Waals surface area contributed by atoms with Crippen molar-refractivity contribution in [3.63, 3.8) is 0 Å². The lowest BCUT2D eigenvalue weighted by atomic mass is 10.3. The maximum absolute atomic E-state index is 10.6. The molecule has 0 bridgehead atoms. The lowest BCUT2D eigenvalue weighted by molar-refractivity contribution is -0.118. The summed E-state index contributed by atoms with van der Waals surface area (Å²) in [4.78, 5) is 10.6. The lowest BCUT2D eigenvalue weighted by Crippen LogP contribution is -2.20. The molecule has 1 amide bonds. The second-order valence-corrected chi connectivity index (χ2v) is 4.09. The number of primary amides is 1. The van der Waals surface area contributed by atoms with Crippen LogP contribution in [0.25, 0.3) is 5.69 Å². The molecule has 0 unspecified atom stereocenters. The number of aromatic nitrogens is 4. The molecule has 2 aromatic rings. The Morgan fingerprint density at radius 3 is 2.84 bits per heavy atom. The minimum Gasteiger partial charge on any atom is -0.370 e. The Morgan fingerprint density at radius 1 is 1.32 bits per heavy atom. The Balaban J connectivity index is 1.88. The van der Waals surface area contributed by atoms with Crippen LogP contribution in [0, 0.1) is 0 Å². The number of carbonyl (C=O) groups excluding carboxylic acids is 1. The van der Waals surface area contributed by atoms with E-state index in [2.05, 4.69) is 20.8 Å². The van der Waals surface area contributed by atoms with Crippen LogP contribution in [-0.4, -0.2) is 32.7 Å². The zero-order chi connectivity index (χ0) is 13.5. The van der Waals surface area contributed by atoms with E-state index >= 15 is 0 Å². The first-order valence-corrected chi connectivity index (χ1v) is 6.09. The van der Waals surface area contributed by atoms with Crippen molar-refractivity contribution in [2.45, 2.75) is 19.4 Å². The van der Waals surface area contributed by atoms with Crippen LogP contribution in [0.3, 0.4) is 0 Å². The average Bonchev–Trinajstić information content (AvgIpc) is 2.87. The molecule has 0 saturated carbocycles. The van der Waals surface area contributed by atoms with Crippen molar-refractivity contribution in [1.82, 2.24) is 25.5 Å². The maximum atomic E-state index is 10.6. The van der Waals surface area contributed by atoms with E-state index in [9.17, 15) is 4.79 Å². The Bertz CT molecular complexity index is 524. The molecule has 0 fully saturated rings. The van der Waals surface area contributed by atoms with E-state index in [1.807, 2.05) is 30.3 Å². The molecule has 0 aliphatic rings. The molecule has 7 heteroatoms. The van der Waals surface area contributed by atoms with Crippen molar-refractivity contribution in [1.29, 1.82) is 0 Å². The summed E-state index contributed by atoms with van der Waals surface area (Å²) in [5, 5.41) is 14.8. The summed E-state index contributed by atoms with van der Waals surface area (Å²) in [6, 6.07) is 9.68. The summed E-state index contributed by atoms with van der Waals surface area (Å²) in [5.41, 5.74) is 5.98. The van der Waals surface area contributed by atoms with Crippen LogP contribution in [0.4, 0.5) is 0 Å². The van der Waals surface area contributed by atoms with Crippen molar-refractivity contribution < 1.29 is 4.79 Å². The Morgan fingerprint density at radius 2 is 2.11 bits per heavy atom. The van der Waals surface area contributed by atoms with Crippen LogP contribution in [0.2, 0.25) is 0 Å². The third kappa shape index (κ3) is 3.85. The van der Waals surface area contributed by atoms with Gasteiger partial charge in [-0.05, 0) is 35.5 Å². The maximum Gasteiger partial charge on any atom is 0.217 e. The van der Waals surface area contributed by atoms with Gasteiger partial charge in [0, 0.05) is 6.42 Å². The average molecular weight is 260 g/mol. The van der Waals surface area contributed by atoms with Gasteiger partial charge in [-0.25, -0.2) is 0 Å². The SMILES string of the molecule is NC(=O)CCCNCc1nnnn1-c1ccccc1. The van der Waals surface area contributed by atoms with E-state index in [-0.39, 0.29) is 5.91 Å². The third-order valence-electron chi connectivity index (χ3n) is 2.59. The van der Waals surface area contributed by atoms with Crippen molar-refractivity contribution in [3.8, 4) is 5.69 Å². The molecule has 0 saturated heterocycles. The van der Waals surface area contributed by atoms with Crippen molar-refractivity contribution in [3.05, 3.63) is 36.2 Å². The van der Waals surface area contributed by atoms with Gasteiger partial charge >= 0.3 is 0 Å². The molecule has 1 aromatic carbocycles. The highest BCUT2D eigenvalue weighted by atomic mass is 16.1. The summed E-state index contributed by atoms with van der Waals surface area (Å²) in [7, 11) is 0. The molecule has 3 N–H and O–H groups in total. The van der Waals surface area contributed by atoms with Crippen LogP contribution >= 0.6 is 0 Å². The standard InChI is InChI=1S/C12H16N6O/c13-11(19)7-4-8-14-9-12-15-16-17-18(12)10-5-2-1-3-6-10/h1-3,5-6,14H,4,7-9H2,(H2,13,19). The quantitative estimate of drug-likeness (QED) is 0.684. The molecule has 1 heterocycles. The molecule has 7 nitrogen and oxygen atoms in total. The number of amides is 1. The van der Waals surface area contributed by atoms with Crippen LogP contribution in [-0.2, 0) is 11.3 Å². The second kappa shape index (κ2) is 6.60. The fraction of sp³-hybridized carbons (Fsp3) is 0.333. The summed E-state index contributed by atoms with van der Waals surface area (Å²) in [6.07, 6.45) is 1.10. The first kappa shape index (κ1) is 13.2. The molecule has 0 atom stereocenters. The molecular formula is C12H16N6O. The fourth-order valence-corrected chi connectivity index (χ4v) is 1.67. The lowest BCUT2D eigenvalue weighted by Gasteiger charge is -2.05. The fourth-order valence-electron chi connectivity index (χ4n) is 1.67. The number of nitrogens with two attached hydrogens (primary N) is 1. The first-order chi connectivity index (χ1) is 9.27. The molecule has 100 valence electrons. The predicted octanol–water partition coefficient (Wildman–Crippen LogP) is 0.0174. The Labute approximate surface area is 110 Å². The van der Waals surface area contributed by atoms with Gasteiger partial charge in [-0.2, -0.15) is 4.68 Å². The minimum absolute atomic E-state index is 0.282. The summed E-state index contributed by atoms with van der Waals surface area (Å²) < 4.78 is 1.68. The molecule has 0 radical (unpaired) electrons. The number of tetrazole rings is 1. The summed E-state index contributed by atoms with van der Waals surface area (Å²) in [5.74, 6) is 0.446. The van der Waals surface area contributed by atoms with Gasteiger partial charge in [-0.15, -0.1) is 5.10 Å². The number of hydrogen-bond acceptors (Lipinski definition) is 5. The zero-order valence-corrected chi connectivity index (χ0v) is 10.5. The molecule has 19 heavy (non-hydrogen) atoms. The van der Waals surface area contributed by atoms with Crippen molar-refractivity contribution in [2.24, 2.45) is 5.73 Å². The number of benzene rings is 1. The largest absolute Gasteiger partial charge is 0.370 e. The first-order valence-electron chi connectivity index (χ1n) is 6.09. The van der Waals surface area contributed by atoms with E-state index in [1.54, 1.807) is 4.68 Å². The molecule has 2 rings (SSSR count). The van der Waals surface area contributed by atoms with Gasteiger partial charge in [0.05, 0.1) is 12.2 Å². The summed E-state index contributed by atoms with van der Waals surface area (Å²) in [6.45, 7) is 1.24.